The molecule has 1 aromatic rings. The van der Waals surface area contributed by atoms with Gasteiger partial charge in [0.15, 0.2) is 0 Å². The molecule has 2 atom stereocenters. The molecule has 2 N–H and O–H groups in total. The lowest BCUT2D eigenvalue weighted by molar-refractivity contribution is 0.333. The van der Waals surface area contributed by atoms with Gasteiger partial charge in [0.1, 0.15) is 0 Å². The van der Waals surface area contributed by atoms with Crippen LogP contribution in [0.5, 0.6) is 0 Å². The van der Waals surface area contributed by atoms with Gasteiger partial charge in [-0.25, -0.2) is 8.42 Å². The van der Waals surface area contributed by atoms with E-state index < -0.39 is 10.0 Å². The van der Waals surface area contributed by atoms with Crippen molar-refractivity contribution in [1.82, 2.24) is 4.31 Å². The molecular formula is C12H15BrN2O2S. The van der Waals surface area contributed by atoms with E-state index in [1.54, 1.807) is 22.5 Å². The van der Waals surface area contributed by atoms with Crippen LogP contribution in [0.4, 0.5) is 5.69 Å². The zero-order chi connectivity index (χ0) is 12.9. The Kier molecular flexibility index (Phi) is 2.91. The topological polar surface area (TPSA) is 63.4 Å². The van der Waals surface area contributed by atoms with Crippen LogP contribution in [-0.2, 0) is 10.0 Å². The number of benzene rings is 1. The Bertz CT molecular complexity index is 588. The highest BCUT2D eigenvalue weighted by atomic mass is 79.9. The van der Waals surface area contributed by atoms with Crippen molar-refractivity contribution >= 4 is 31.6 Å². The molecule has 1 aliphatic heterocycles. The molecule has 3 rings (SSSR count). The fraction of sp³-hybridized carbons (Fsp3) is 0.500. The average Bonchev–Trinajstić information content (AvgIpc) is 2.90. The number of nitrogens with two attached hydrogens (primary N) is 1. The van der Waals surface area contributed by atoms with E-state index in [0.717, 1.165) is 12.8 Å². The number of nitrogen functional groups attached to an aromatic ring is 1. The number of halogens is 1. The number of piperidine rings is 1. The zero-order valence-electron chi connectivity index (χ0n) is 9.84. The summed E-state index contributed by atoms with van der Waals surface area (Å²) in [6.45, 7) is 0.670. The lowest BCUT2D eigenvalue weighted by atomic mass is 10.1. The number of sulfonamides is 1. The minimum Gasteiger partial charge on any atom is -0.399 e. The maximum Gasteiger partial charge on any atom is 0.244 e. The predicted molar refractivity (Wildman–Crippen MR) is 73.6 cm³/mol. The van der Waals surface area contributed by atoms with Crippen LogP contribution in [0.15, 0.2) is 27.6 Å². The fourth-order valence-electron chi connectivity index (χ4n) is 3.03. The van der Waals surface area contributed by atoms with Crippen LogP contribution in [0, 0.1) is 5.92 Å². The molecule has 0 aromatic heterocycles. The van der Waals surface area contributed by atoms with Crippen molar-refractivity contribution in [2.24, 2.45) is 5.92 Å². The number of nitrogens with zero attached hydrogens (tertiary/aromatic N) is 1. The second kappa shape index (κ2) is 4.21. The van der Waals surface area contributed by atoms with Gasteiger partial charge in [-0.2, -0.15) is 4.31 Å². The SMILES string of the molecule is Nc1ccc(S(=O)(=O)N2CC3CCC2C3)c(Br)c1. The van der Waals surface area contributed by atoms with Crippen molar-refractivity contribution < 1.29 is 8.42 Å². The summed E-state index contributed by atoms with van der Waals surface area (Å²) in [5.41, 5.74) is 6.21. The average molecular weight is 331 g/mol. The highest BCUT2D eigenvalue weighted by molar-refractivity contribution is 9.10. The van der Waals surface area contributed by atoms with E-state index in [1.165, 1.54) is 6.42 Å². The van der Waals surface area contributed by atoms with Gasteiger partial charge in [0.25, 0.3) is 0 Å². The number of anilines is 1. The quantitative estimate of drug-likeness (QED) is 0.845. The van der Waals surface area contributed by atoms with Gasteiger partial charge in [-0.3, -0.25) is 0 Å². The molecule has 0 amide bonds. The van der Waals surface area contributed by atoms with Gasteiger partial charge in [0.2, 0.25) is 10.0 Å². The largest absolute Gasteiger partial charge is 0.399 e. The number of rotatable bonds is 2. The predicted octanol–water partition coefficient (Wildman–Crippen LogP) is 2.20. The van der Waals surface area contributed by atoms with Crippen LogP contribution in [0.3, 0.4) is 0 Å². The minimum atomic E-state index is -3.39. The maximum absolute atomic E-state index is 12.6. The first-order valence-electron chi connectivity index (χ1n) is 6.05. The lowest BCUT2D eigenvalue weighted by Crippen LogP contribution is -2.37. The van der Waals surface area contributed by atoms with Crippen LogP contribution in [0.25, 0.3) is 0 Å². The van der Waals surface area contributed by atoms with Crippen LogP contribution in [-0.4, -0.2) is 25.3 Å². The molecule has 98 valence electrons. The third-order valence-corrected chi connectivity index (χ3v) is 6.80. The summed E-state index contributed by atoms with van der Waals surface area (Å²) in [4.78, 5) is 0.323. The van der Waals surface area contributed by atoms with Gasteiger partial charge in [-0.05, 0) is 59.3 Å². The Balaban J connectivity index is 2.00. The first-order valence-corrected chi connectivity index (χ1v) is 8.28. The van der Waals surface area contributed by atoms with Crippen LogP contribution in [0.2, 0.25) is 0 Å². The summed E-state index contributed by atoms with van der Waals surface area (Å²) in [5.74, 6) is 0.553. The Morgan fingerprint density at radius 2 is 2.11 bits per heavy atom. The van der Waals surface area contributed by atoms with Crippen LogP contribution >= 0.6 is 15.9 Å². The summed E-state index contributed by atoms with van der Waals surface area (Å²) in [6.07, 6.45) is 3.18. The summed E-state index contributed by atoms with van der Waals surface area (Å²) in [7, 11) is -3.39. The molecule has 0 radical (unpaired) electrons. The first kappa shape index (κ1) is 12.4. The first-order chi connectivity index (χ1) is 8.48. The van der Waals surface area contributed by atoms with Crippen molar-refractivity contribution in [3.05, 3.63) is 22.7 Å². The molecule has 2 aliphatic rings. The van der Waals surface area contributed by atoms with Gasteiger partial charge < -0.3 is 5.73 Å². The summed E-state index contributed by atoms with van der Waals surface area (Å²) in [5, 5.41) is 0. The highest BCUT2D eigenvalue weighted by Crippen LogP contribution is 2.41. The van der Waals surface area contributed by atoms with E-state index in [0.29, 0.717) is 27.5 Å². The molecule has 18 heavy (non-hydrogen) atoms. The van der Waals surface area contributed by atoms with E-state index in [1.807, 2.05) is 0 Å². The molecule has 1 saturated carbocycles. The highest BCUT2D eigenvalue weighted by Gasteiger charge is 2.44. The Morgan fingerprint density at radius 3 is 2.67 bits per heavy atom. The van der Waals surface area contributed by atoms with E-state index in [2.05, 4.69) is 15.9 Å². The van der Waals surface area contributed by atoms with Gasteiger partial charge in [-0.1, -0.05) is 0 Å². The van der Waals surface area contributed by atoms with E-state index in [-0.39, 0.29) is 6.04 Å². The smallest absolute Gasteiger partial charge is 0.244 e. The standard InChI is InChI=1S/C12H15BrN2O2S/c13-11-6-9(14)2-4-12(11)18(16,17)15-7-8-1-3-10(15)5-8/h2,4,6,8,10H,1,3,5,7,14H2. The van der Waals surface area contributed by atoms with Crippen molar-refractivity contribution in [1.29, 1.82) is 0 Å². The normalized spacial score (nSPS) is 27.8. The Labute approximate surface area is 115 Å². The maximum atomic E-state index is 12.6. The number of hydrogen-bond acceptors (Lipinski definition) is 3. The molecule has 1 aromatic carbocycles. The second-order valence-electron chi connectivity index (χ2n) is 5.10. The monoisotopic (exact) mass is 330 g/mol. The van der Waals surface area contributed by atoms with Crippen molar-refractivity contribution in [2.75, 3.05) is 12.3 Å². The fourth-order valence-corrected chi connectivity index (χ4v) is 5.83. The molecule has 0 spiro atoms. The summed E-state index contributed by atoms with van der Waals surface area (Å²) >= 11 is 3.30. The number of hydrogen-bond donors (Lipinski definition) is 1. The molecule has 2 unspecified atom stereocenters. The molecule has 2 fully saturated rings. The van der Waals surface area contributed by atoms with E-state index in [4.69, 9.17) is 5.73 Å². The molecule has 1 saturated heterocycles. The van der Waals surface area contributed by atoms with Gasteiger partial charge in [0, 0.05) is 22.7 Å². The third kappa shape index (κ3) is 1.87. The van der Waals surface area contributed by atoms with Crippen LogP contribution in [0.1, 0.15) is 19.3 Å². The summed E-state index contributed by atoms with van der Waals surface area (Å²) in [6, 6.07) is 5.05. The summed E-state index contributed by atoms with van der Waals surface area (Å²) < 4.78 is 27.4. The van der Waals surface area contributed by atoms with Crippen LogP contribution < -0.4 is 5.73 Å². The number of fused-ring (bicyclic) bond motifs is 2. The van der Waals surface area contributed by atoms with Gasteiger partial charge in [0.05, 0.1) is 4.90 Å². The zero-order valence-corrected chi connectivity index (χ0v) is 12.2. The van der Waals surface area contributed by atoms with E-state index in [9.17, 15) is 8.42 Å². The van der Waals surface area contributed by atoms with Gasteiger partial charge >= 0.3 is 0 Å². The lowest BCUT2D eigenvalue weighted by Gasteiger charge is -2.26. The molecular weight excluding hydrogens is 316 g/mol. The van der Waals surface area contributed by atoms with Crippen molar-refractivity contribution in [3.8, 4) is 0 Å². The second-order valence-corrected chi connectivity index (χ2v) is 7.81. The molecule has 6 heteroatoms. The van der Waals surface area contributed by atoms with E-state index >= 15 is 0 Å². The molecule has 2 bridgehead atoms. The Morgan fingerprint density at radius 1 is 1.33 bits per heavy atom. The van der Waals surface area contributed by atoms with Crippen molar-refractivity contribution in [3.63, 3.8) is 0 Å². The minimum absolute atomic E-state index is 0.199. The van der Waals surface area contributed by atoms with Crippen molar-refractivity contribution in [2.45, 2.75) is 30.2 Å². The molecule has 1 aliphatic carbocycles. The molecule has 1 heterocycles. The Hall–Kier alpha value is -0.590. The molecule has 4 nitrogen and oxygen atoms in total. The third-order valence-electron chi connectivity index (χ3n) is 3.90. The van der Waals surface area contributed by atoms with Gasteiger partial charge in [-0.15, -0.1) is 0 Å².